The van der Waals surface area contributed by atoms with Gasteiger partial charge in [0.25, 0.3) is 5.91 Å². The van der Waals surface area contributed by atoms with Gasteiger partial charge in [0.1, 0.15) is 5.82 Å². The Balaban J connectivity index is 1.73. The first-order valence-electron chi connectivity index (χ1n) is 10.7. The first kappa shape index (κ1) is 25.5. The topological polar surface area (TPSA) is 158 Å². The summed E-state index contributed by atoms with van der Waals surface area (Å²) in [5, 5.41) is 19.5. The number of pyridine rings is 1. The summed E-state index contributed by atoms with van der Waals surface area (Å²) in [4.78, 5) is 16.5. The molecule has 0 aliphatic carbocycles. The Morgan fingerprint density at radius 2 is 2.00 bits per heavy atom. The molecule has 182 valence electrons. The number of fused-ring (bicyclic) bond motifs is 1. The Kier molecular flexibility index (Phi) is 8.24. The quantitative estimate of drug-likeness (QED) is 0.333. The molecule has 0 saturated heterocycles. The lowest BCUT2D eigenvalue weighted by molar-refractivity contribution is -0.122. The average Bonchev–Trinajstić information content (AvgIpc) is 2.81. The highest BCUT2D eigenvalue weighted by Gasteiger charge is 2.12. The molecule has 2 aromatic carbocycles. The van der Waals surface area contributed by atoms with Crippen LogP contribution in [0.2, 0.25) is 0 Å². The first-order valence-corrected chi connectivity index (χ1v) is 12.2. The molecule has 0 spiro atoms. The molecule has 1 heterocycles. The number of benzene rings is 2. The number of allylic oxidation sites excluding steroid dienone is 4. The van der Waals surface area contributed by atoms with Crippen molar-refractivity contribution >= 4 is 38.6 Å². The van der Waals surface area contributed by atoms with Gasteiger partial charge in [0.05, 0.1) is 4.90 Å². The van der Waals surface area contributed by atoms with Gasteiger partial charge < -0.3 is 20.9 Å². The number of sulfonamides is 1. The van der Waals surface area contributed by atoms with Gasteiger partial charge in [-0.15, -0.1) is 0 Å². The molecule has 6 N–H and O–H groups in total. The zero-order valence-electron chi connectivity index (χ0n) is 19.0. The second kappa shape index (κ2) is 11.3. The largest absolute Gasteiger partial charge is 0.504 e. The van der Waals surface area contributed by atoms with Gasteiger partial charge >= 0.3 is 0 Å². The standard InChI is InChI=1S/C25H26N4O5S/c1-2-3-9-19(10-6-8-17-7-4-5-11-23(17)35(27,32)33)29-24(31)16-34-22-15-20-18(14-21(22)30)12-13-28-25(20)26/h3-15,30H,2,16H2,1H3,(H2,26,28)(H,29,31)(H2,27,32,33)/b8-6+,9-3-,19-10+. The summed E-state index contributed by atoms with van der Waals surface area (Å²) in [6, 6.07) is 11.0. The van der Waals surface area contributed by atoms with Crippen LogP contribution < -0.4 is 20.9 Å². The molecule has 0 unspecified atom stereocenters. The number of carbonyl (C=O) groups is 1. The zero-order valence-corrected chi connectivity index (χ0v) is 19.8. The summed E-state index contributed by atoms with van der Waals surface area (Å²) < 4.78 is 29.0. The maximum Gasteiger partial charge on any atom is 0.262 e. The highest BCUT2D eigenvalue weighted by Crippen LogP contribution is 2.33. The molecule has 9 nitrogen and oxygen atoms in total. The van der Waals surface area contributed by atoms with Gasteiger partial charge in [-0.05, 0) is 53.8 Å². The number of aromatic hydroxyl groups is 1. The molecule has 10 heteroatoms. The fourth-order valence-corrected chi connectivity index (χ4v) is 3.92. The number of nitrogen functional groups attached to an aromatic ring is 1. The smallest absolute Gasteiger partial charge is 0.262 e. The van der Waals surface area contributed by atoms with E-state index in [9.17, 15) is 18.3 Å². The van der Waals surface area contributed by atoms with Crippen molar-refractivity contribution in [2.45, 2.75) is 18.2 Å². The summed E-state index contributed by atoms with van der Waals surface area (Å²) in [5.74, 6) is -0.216. The third-order valence-corrected chi connectivity index (χ3v) is 5.81. The third kappa shape index (κ3) is 6.92. The van der Waals surface area contributed by atoms with Gasteiger partial charge in [-0.3, -0.25) is 4.79 Å². The fraction of sp³-hybridized carbons (Fsp3) is 0.120. The van der Waals surface area contributed by atoms with Crippen molar-refractivity contribution in [1.82, 2.24) is 10.3 Å². The van der Waals surface area contributed by atoms with Crippen LogP contribution in [0.15, 0.2) is 83.6 Å². The number of phenols is 1. The van der Waals surface area contributed by atoms with Crippen molar-refractivity contribution in [1.29, 1.82) is 0 Å². The van der Waals surface area contributed by atoms with Crippen LogP contribution in [0, 0.1) is 0 Å². The van der Waals surface area contributed by atoms with Crippen molar-refractivity contribution in [2.75, 3.05) is 12.3 Å². The number of rotatable bonds is 9. The Bertz CT molecular complexity index is 1430. The zero-order chi connectivity index (χ0) is 25.4. The number of phenolic OH excluding ortho intramolecular Hbond substituents is 1. The van der Waals surface area contributed by atoms with Gasteiger partial charge in [-0.1, -0.05) is 43.4 Å². The fourth-order valence-electron chi connectivity index (χ4n) is 3.18. The lowest BCUT2D eigenvalue weighted by Crippen LogP contribution is -2.27. The lowest BCUT2D eigenvalue weighted by atomic mass is 10.1. The Morgan fingerprint density at radius 3 is 2.74 bits per heavy atom. The molecule has 0 saturated carbocycles. The maximum atomic E-state index is 12.5. The molecule has 1 amide bonds. The van der Waals surface area contributed by atoms with Crippen LogP contribution in [0.4, 0.5) is 5.82 Å². The van der Waals surface area contributed by atoms with E-state index in [0.717, 1.165) is 6.42 Å². The average molecular weight is 495 g/mol. The molecule has 0 bridgehead atoms. The number of nitrogens with two attached hydrogens (primary N) is 2. The lowest BCUT2D eigenvalue weighted by Gasteiger charge is -2.11. The summed E-state index contributed by atoms with van der Waals surface area (Å²) in [6.07, 6.45) is 10.6. The number of hydrogen-bond acceptors (Lipinski definition) is 7. The SMILES string of the molecule is CC\C=C/C(=C\C=C\c1ccccc1S(N)(=O)=O)NC(=O)COc1cc2c(N)nccc2cc1O. The minimum atomic E-state index is -3.88. The maximum absolute atomic E-state index is 12.5. The molecule has 0 atom stereocenters. The summed E-state index contributed by atoms with van der Waals surface area (Å²) in [5.41, 5.74) is 6.75. The van der Waals surface area contributed by atoms with Crippen molar-refractivity contribution in [2.24, 2.45) is 5.14 Å². The molecule has 1 aromatic heterocycles. The molecule has 0 aliphatic rings. The number of amides is 1. The van der Waals surface area contributed by atoms with Crippen LogP contribution in [-0.2, 0) is 14.8 Å². The third-order valence-electron chi connectivity index (χ3n) is 4.83. The van der Waals surface area contributed by atoms with Crippen LogP contribution in [0.25, 0.3) is 16.8 Å². The van der Waals surface area contributed by atoms with E-state index < -0.39 is 15.9 Å². The molecule has 3 aromatic rings. The molecule has 0 fully saturated rings. The highest BCUT2D eigenvalue weighted by atomic mass is 32.2. The second-order valence-electron chi connectivity index (χ2n) is 7.45. The van der Waals surface area contributed by atoms with Gasteiger partial charge in [0.15, 0.2) is 18.1 Å². The summed E-state index contributed by atoms with van der Waals surface area (Å²) in [6.45, 7) is 1.58. The number of anilines is 1. The number of carbonyl (C=O) groups excluding carboxylic acids is 1. The van der Waals surface area contributed by atoms with Gasteiger partial charge in [0.2, 0.25) is 10.0 Å². The van der Waals surface area contributed by atoms with Crippen LogP contribution in [0.3, 0.4) is 0 Å². The van der Waals surface area contributed by atoms with E-state index in [1.807, 2.05) is 13.0 Å². The van der Waals surface area contributed by atoms with E-state index in [2.05, 4.69) is 10.3 Å². The number of nitrogens with zero attached hydrogens (tertiary/aromatic N) is 1. The molecule has 0 aliphatic heterocycles. The predicted molar refractivity (Wildman–Crippen MR) is 136 cm³/mol. The molecule has 0 radical (unpaired) electrons. The Hall–Kier alpha value is -4.15. The van der Waals surface area contributed by atoms with Crippen molar-refractivity contribution in [3.8, 4) is 11.5 Å². The van der Waals surface area contributed by atoms with E-state index >= 15 is 0 Å². The van der Waals surface area contributed by atoms with Gasteiger partial charge in [-0.2, -0.15) is 0 Å². The summed E-state index contributed by atoms with van der Waals surface area (Å²) >= 11 is 0. The van der Waals surface area contributed by atoms with Crippen LogP contribution >= 0.6 is 0 Å². The number of nitrogens with one attached hydrogen (secondary N) is 1. The van der Waals surface area contributed by atoms with E-state index in [1.54, 1.807) is 48.6 Å². The van der Waals surface area contributed by atoms with Crippen LogP contribution in [0.5, 0.6) is 11.5 Å². The number of ether oxygens (including phenoxy) is 1. The molecule has 35 heavy (non-hydrogen) atoms. The normalized spacial score (nSPS) is 12.5. The minimum Gasteiger partial charge on any atom is -0.504 e. The van der Waals surface area contributed by atoms with E-state index in [-0.39, 0.29) is 28.8 Å². The Morgan fingerprint density at radius 1 is 1.23 bits per heavy atom. The number of hydrogen-bond donors (Lipinski definition) is 4. The second-order valence-corrected chi connectivity index (χ2v) is 8.98. The van der Waals surface area contributed by atoms with Crippen molar-refractivity contribution in [3.05, 3.63) is 84.2 Å². The van der Waals surface area contributed by atoms with E-state index in [1.165, 1.54) is 24.4 Å². The van der Waals surface area contributed by atoms with Crippen LogP contribution in [-0.4, -0.2) is 31.0 Å². The first-order chi connectivity index (χ1) is 16.7. The predicted octanol–water partition coefficient (Wildman–Crippen LogP) is 3.23. The Labute approximate surface area is 203 Å². The number of aromatic nitrogens is 1. The highest BCUT2D eigenvalue weighted by molar-refractivity contribution is 7.89. The van der Waals surface area contributed by atoms with Gasteiger partial charge in [-0.25, -0.2) is 18.5 Å². The van der Waals surface area contributed by atoms with E-state index in [4.69, 9.17) is 15.6 Å². The summed E-state index contributed by atoms with van der Waals surface area (Å²) in [7, 11) is -3.88. The molecular formula is C25H26N4O5S. The molecular weight excluding hydrogens is 468 g/mol. The van der Waals surface area contributed by atoms with Crippen molar-refractivity contribution in [3.63, 3.8) is 0 Å². The minimum absolute atomic E-state index is 0.00114. The molecule has 3 rings (SSSR count). The van der Waals surface area contributed by atoms with E-state index in [0.29, 0.717) is 22.0 Å². The number of primary sulfonamides is 1. The van der Waals surface area contributed by atoms with Gasteiger partial charge in [0, 0.05) is 17.3 Å². The van der Waals surface area contributed by atoms with Crippen LogP contribution in [0.1, 0.15) is 18.9 Å². The van der Waals surface area contributed by atoms with Crippen molar-refractivity contribution < 1.29 is 23.1 Å². The monoisotopic (exact) mass is 494 g/mol.